The Bertz CT molecular complexity index is 835. The molecule has 1 aliphatic heterocycles. The summed E-state index contributed by atoms with van der Waals surface area (Å²) in [7, 11) is 5.68. The fourth-order valence-electron chi connectivity index (χ4n) is 4.76. The van der Waals surface area contributed by atoms with Crippen LogP contribution in [0.3, 0.4) is 0 Å². The molecule has 1 spiro atoms. The lowest BCUT2D eigenvalue weighted by molar-refractivity contribution is 0.0165. The normalized spacial score (nSPS) is 23.7. The van der Waals surface area contributed by atoms with Gasteiger partial charge in [0.1, 0.15) is 0 Å². The van der Waals surface area contributed by atoms with Crippen LogP contribution in [0.15, 0.2) is 30.5 Å². The fourth-order valence-corrected chi connectivity index (χ4v) is 4.76. The molecule has 1 aromatic carbocycles. The van der Waals surface area contributed by atoms with Crippen LogP contribution in [-0.2, 0) is 5.41 Å². The van der Waals surface area contributed by atoms with Gasteiger partial charge >= 0.3 is 0 Å². The number of aliphatic hydroxyl groups is 1. The van der Waals surface area contributed by atoms with E-state index in [1.807, 2.05) is 20.2 Å². The summed E-state index contributed by atoms with van der Waals surface area (Å²) in [5, 5.41) is 14.0. The summed E-state index contributed by atoms with van der Waals surface area (Å²) in [6.07, 6.45) is 2.38. The Labute approximate surface area is 159 Å². The molecule has 1 aliphatic carbocycles. The quantitative estimate of drug-likeness (QED) is 0.862. The van der Waals surface area contributed by atoms with Gasteiger partial charge in [0.15, 0.2) is 11.6 Å². The number of rotatable bonds is 3. The van der Waals surface area contributed by atoms with Gasteiger partial charge in [0.05, 0.1) is 18.3 Å². The number of benzene rings is 1. The monoisotopic (exact) mass is 371 g/mol. The third-order valence-electron chi connectivity index (χ3n) is 6.14. The number of nitrogens with one attached hydrogen (secondary N) is 1. The molecule has 0 radical (unpaired) electrons. The standard InChI is InChI=1S/C20H26FN5O/c1-22-18-15(21)12-23-19(24-18)26-10-8-20(9-11-26)14-7-5-4-6-13(14)16(17(20)27)25(2)3/h4-7,12,16-17,27H,8-11H2,1-3H3,(H,22,23,24)/t16-,17+/m1/s1. The number of hydrogen-bond acceptors (Lipinski definition) is 6. The summed E-state index contributed by atoms with van der Waals surface area (Å²) < 4.78 is 13.7. The van der Waals surface area contributed by atoms with E-state index in [0.717, 1.165) is 25.9 Å². The summed E-state index contributed by atoms with van der Waals surface area (Å²) in [4.78, 5) is 12.6. The average molecular weight is 371 g/mol. The minimum atomic E-state index is -0.455. The van der Waals surface area contributed by atoms with E-state index in [9.17, 15) is 9.50 Å². The second-order valence-electron chi connectivity index (χ2n) is 7.70. The molecule has 1 fully saturated rings. The van der Waals surface area contributed by atoms with Gasteiger partial charge in [0.2, 0.25) is 5.95 Å². The number of nitrogens with zero attached hydrogens (tertiary/aromatic N) is 4. The molecule has 2 aliphatic rings. The Balaban J connectivity index is 1.61. The molecule has 2 heterocycles. The van der Waals surface area contributed by atoms with E-state index in [4.69, 9.17) is 0 Å². The number of aromatic nitrogens is 2. The second kappa shape index (κ2) is 6.73. The first-order valence-corrected chi connectivity index (χ1v) is 9.37. The van der Waals surface area contributed by atoms with Crippen molar-refractivity contribution in [1.82, 2.24) is 14.9 Å². The first kappa shape index (κ1) is 18.1. The highest BCUT2D eigenvalue weighted by Gasteiger charge is 2.53. The van der Waals surface area contributed by atoms with Gasteiger partial charge in [-0.2, -0.15) is 4.98 Å². The SMILES string of the molecule is CNc1nc(N2CCC3(CC2)c2ccccc2[C@@H](N(C)C)[C@@H]3O)ncc1F. The van der Waals surface area contributed by atoms with Crippen LogP contribution in [0.5, 0.6) is 0 Å². The molecule has 2 aromatic rings. The summed E-state index contributed by atoms with van der Waals surface area (Å²) in [5.74, 6) is 0.281. The molecule has 6 nitrogen and oxygen atoms in total. The molecule has 2 atom stereocenters. The van der Waals surface area contributed by atoms with Crippen LogP contribution >= 0.6 is 0 Å². The molecular weight excluding hydrogens is 345 g/mol. The summed E-state index contributed by atoms with van der Waals surface area (Å²) >= 11 is 0. The zero-order chi connectivity index (χ0) is 19.2. The second-order valence-corrected chi connectivity index (χ2v) is 7.70. The highest BCUT2D eigenvalue weighted by atomic mass is 19.1. The van der Waals surface area contributed by atoms with Crippen LogP contribution in [0.4, 0.5) is 16.2 Å². The summed E-state index contributed by atoms with van der Waals surface area (Å²) in [6.45, 7) is 1.45. The Hall–Kier alpha value is -2.25. The molecule has 0 bridgehead atoms. The van der Waals surface area contributed by atoms with Gasteiger partial charge in [-0.3, -0.25) is 0 Å². The van der Waals surface area contributed by atoms with Gasteiger partial charge in [-0.25, -0.2) is 9.37 Å². The summed E-state index contributed by atoms with van der Waals surface area (Å²) in [5.41, 5.74) is 2.22. The zero-order valence-electron chi connectivity index (χ0n) is 16.0. The molecule has 4 rings (SSSR count). The molecule has 0 amide bonds. The van der Waals surface area contributed by atoms with E-state index in [1.165, 1.54) is 17.3 Å². The Kier molecular flexibility index (Phi) is 4.52. The van der Waals surface area contributed by atoms with Crippen LogP contribution in [0.2, 0.25) is 0 Å². The van der Waals surface area contributed by atoms with Crippen LogP contribution in [0.1, 0.15) is 30.0 Å². The molecular formula is C20H26FN5O. The van der Waals surface area contributed by atoms with Crippen molar-refractivity contribution in [2.75, 3.05) is 44.4 Å². The Morgan fingerprint density at radius 3 is 2.63 bits per heavy atom. The minimum Gasteiger partial charge on any atom is -0.390 e. The number of hydrogen-bond donors (Lipinski definition) is 2. The van der Waals surface area contributed by atoms with Crippen molar-refractivity contribution < 1.29 is 9.50 Å². The number of piperidine rings is 1. The molecule has 0 unspecified atom stereocenters. The maximum atomic E-state index is 13.7. The molecule has 1 saturated heterocycles. The zero-order valence-corrected chi connectivity index (χ0v) is 16.0. The third-order valence-corrected chi connectivity index (χ3v) is 6.14. The third kappa shape index (κ3) is 2.76. The highest BCUT2D eigenvalue weighted by molar-refractivity contribution is 5.48. The van der Waals surface area contributed by atoms with Crippen molar-refractivity contribution in [2.24, 2.45) is 0 Å². The fraction of sp³-hybridized carbons (Fsp3) is 0.500. The van der Waals surface area contributed by atoms with Crippen molar-refractivity contribution >= 4 is 11.8 Å². The number of halogens is 1. The van der Waals surface area contributed by atoms with Gasteiger partial charge < -0.3 is 20.2 Å². The minimum absolute atomic E-state index is 0.00529. The Morgan fingerprint density at radius 1 is 1.26 bits per heavy atom. The van der Waals surface area contributed by atoms with E-state index in [1.54, 1.807) is 7.05 Å². The van der Waals surface area contributed by atoms with Crippen LogP contribution < -0.4 is 10.2 Å². The topological polar surface area (TPSA) is 64.5 Å². The molecule has 7 heteroatoms. The highest BCUT2D eigenvalue weighted by Crippen LogP contribution is 2.52. The molecule has 2 N–H and O–H groups in total. The number of fused-ring (bicyclic) bond motifs is 2. The van der Waals surface area contributed by atoms with Crippen molar-refractivity contribution in [3.05, 3.63) is 47.4 Å². The van der Waals surface area contributed by atoms with E-state index >= 15 is 0 Å². The van der Waals surface area contributed by atoms with Crippen LogP contribution in [-0.4, -0.2) is 60.3 Å². The van der Waals surface area contributed by atoms with E-state index in [2.05, 4.69) is 43.3 Å². The maximum Gasteiger partial charge on any atom is 0.227 e. The van der Waals surface area contributed by atoms with Crippen molar-refractivity contribution in [1.29, 1.82) is 0 Å². The number of aliphatic hydroxyl groups excluding tert-OH is 1. The average Bonchev–Trinajstić information content (AvgIpc) is 2.91. The van der Waals surface area contributed by atoms with Crippen molar-refractivity contribution in [3.63, 3.8) is 0 Å². The van der Waals surface area contributed by atoms with E-state index < -0.39 is 11.9 Å². The molecule has 144 valence electrons. The van der Waals surface area contributed by atoms with Gasteiger partial charge in [0, 0.05) is 25.6 Å². The predicted octanol–water partition coefficient (Wildman–Crippen LogP) is 2.17. The summed E-state index contributed by atoms with van der Waals surface area (Å²) in [6, 6.07) is 8.39. The molecule has 0 saturated carbocycles. The van der Waals surface area contributed by atoms with Crippen molar-refractivity contribution in [3.8, 4) is 0 Å². The van der Waals surface area contributed by atoms with E-state index in [-0.39, 0.29) is 17.3 Å². The van der Waals surface area contributed by atoms with E-state index in [0.29, 0.717) is 5.95 Å². The first-order valence-electron chi connectivity index (χ1n) is 9.37. The molecule has 27 heavy (non-hydrogen) atoms. The number of anilines is 2. The first-order chi connectivity index (χ1) is 13.0. The van der Waals surface area contributed by atoms with Gasteiger partial charge in [-0.1, -0.05) is 24.3 Å². The number of likely N-dealkylation sites (N-methyl/N-ethyl adjacent to an activating group) is 1. The van der Waals surface area contributed by atoms with Crippen LogP contribution in [0.25, 0.3) is 0 Å². The maximum absolute atomic E-state index is 13.7. The van der Waals surface area contributed by atoms with Crippen molar-refractivity contribution in [2.45, 2.75) is 30.4 Å². The van der Waals surface area contributed by atoms with Gasteiger partial charge in [0.25, 0.3) is 0 Å². The smallest absolute Gasteiger partial charge is 0.227 e. The van der Waals surface area contributed by atoms with Gasteiger partial charge in [-0.15, -0.1) is 0 Å². The predicted molar refractivity (Wildman–Crippen MR) is 104 cm³/mol. The largest absolute Gasteiger partial charge is 0.390 e. The lowest BCUT2D eigenvalue weighted by Crippen LogP contribution is -2.49. The lowest BCUT2D eigenvalue weighted by Gasteiger charge is -2.43. The van der Waals surface area contributed by atoms with Crippen LogP contribution in [0, 0.1) is 5.82 Å². The lowest BCUT2D eigenvalue weighted by atomic mass is 9.72. The molecule has 1 aromatic heterocycles. The Morgan fingerprint density at radius 2 is 1.96 bits per heavy atom. The van der Waals surface area contributed by atoms with Gasteiger partial charge in [-0.05, 0) is 38.1 Å².